The maximum atomic E-state index is 12.8. The van der Waals surface area contributed by atoms with Gasteiger partial charge in [-0.1, -0.05) is 33.8 Å². The predicted octanol–water partition coefficient (Wildman–Crippen LogP) is 5.15. The van der Waals surface area contributed by atoms with Gasteiger partial charge < -0.3 is 25.3 Å². The molecule has 1 saturated heterocycles. The van der Waals surface area contributed by atoms with Crippen LogP contribution >= 0.6 is 27.7 Å². The van der Waals surface area contributed by atoms with Gasteiger partial charge in [-0.3, -0.25) is 14.4 Å². The minimum atomic E-state index is -0.110. The third-order valence-corrected chi connectivity index (χ3v) is 8.28. The highest BCUT2D eigenvalue weighted by atomic mass is 79.9. The van der Waals surface area contributed by atoms with Gasteiger partial charge in [0.05, 0.1) is 5.69 Å². The second kappa shape index (κ2) is 16.0. The molecule has 0 bridgehead atoms. The minimum Gasteiger partial charge on any atom is -0.343 e. The van der Waals surface area contributed by atoms with Crippen LogP contribution in [0.1, 0.15) is 39.5 Å². The number of likely N-dealkylation sites (N-methyl/N-ethyl adjacent to an activating group) is 1. The van der Waals surface area contributed by atoms with Crippen molar-refractivity contribution in [2.75, 3.05) is 63.5 Å². The van der Waals surface area contributed by atoms with Gasteiger partial charge in [0.15, 0.2) is 0 Å². The van der Waals surface area contributed by atoms with Crippen LogP contribution in [-0.2, 0) is 14.4 Å². The number of benzene rings is 2. The highest BCUT2D eigenvalue weighted by Crippen LogP contribution is 2.36. The Morgan fingerprint density at radius 1 is 0.923 bits per heavy atom. The molecular weight excluding hydrogens is 578 g/mol. The van der Waals surface area contributed by atoms with Crippen LogP contribution in [0.15, 0.2) is 56.7 Å². The Morgan fingerprint density at radius 2 is 1.64 bits per heavy atom. The maximum Gasteiger partial charge on any atom is 0.225 e. The quantitative estimate of drug-likeness (QED) is 0.323. The Bertz CT molecular complexity index is 1120. The fourth-order valence-electron chi connectivity index (χ4n) is 4.36. The average molecular weight is 619 g/mol. The van der Waals surface area contributed by atoms with E-state index in [-0.39, 0.29) is 17.7 Å². The van der Waals surface area contributed by atoms with Crippen molar-refractivity contribution in [3.63, 3.8) is 0 Å². The lowest BCUT2D eigenvalue weighted by atomic mass is 10.2. The van der Waals surface area contributed by atoms with Crippen LogP contribution in [0, 0.1) is 0 Å². The van der Waals surface area contributed by atoms with Gasteiger partial charge in [-0.15, -0.1) is 0 Å². The molecule has 0 atom stereocenters. The number of carbonyl (C=O) groups excluding carboxylic acids is 3. The van der Waals surface area contributed by atoms with Crippen molar-refractivity contribution in [1.29, 1.82) is 0 Å². The zero-order chi connectivity index (χ0) is 28.2. The van der Waals surface area contributed by atoms with Crippen LogP contribution in [0.2, 0.25) is 0 Å². The molecule has 8 nitrogen and oxygen atoms in total. The predicted molar refractivity (Wildman–Crippen MR) is 162 cm³/mol. The molecule has 39 heavy (non-hydrogen) atoms. The van der Waals surface area contributed by atoms with Crippen molar-refractivity contribution in [2.45, 2.75) is 49.3 Å². The summed E-state index contributed by atoms with van der Waals surface area (Å²) in [6, 6.07) is 13.5. The van der Waals surface area contributed by atoms with Crippen molar-refractivity contribution in [1.82, 2.24) is 14.7 Å². The SMILES string of the molecule is CCN(CC)C(=O)CCCC(=O)Nc1cccc(Sc2ccc(Br)cc2NC(=O)CCN2CCN(C)CC2)c1. The van der Waals surface area contributed by atoms with Gasteiger partial charge in [0, 0.05) is 85.0 Å². The Morgan fingerprint density at radius 3 is 2.36 bits per heavy atom. The molecule has 2 N–H and O–H groups in total. The molecule has 2 aromatic carbocycles. The van der Waals surface area contributed by atoms with Gasteiger partial charge in [-0.05, 0) is 63.7 Å². The number of nitrogens with one attached hydrogen (secondary N) is 2. The van der Waals surface area contributed by atoms with Crippen LogP contribution < -0.4 is 10.6 Å². The second-order valence-electron chi connectivity index (χ2n) is 9.68. The van der Waals surface area contributed by atoms with Crippen LogP contribution in [-0.4, -0.2) is 85.3 Å². The van der Waals surface area contributed by atoms with Gasteiger partial charge >= 0.3 is 0 Å². The summed E-state index contributed by atoms with van der Waals surface area (Å²) < 4.78 is 0.890. The van der Waals surface area contributed by atoms with Gasteiger partial charge in [0.2, 0.25) is 17.7 Å². The van der Waals surface area contributed by atoms with Gasteiger partial charge in [-0.25, -0.2) is 0 Å². The molecule has 3 amide bonds. The van der Waals surface area contributed by atoms with E-state index in [2.05, 4.69) is 43.4 Å². The number of hydrogen-bond donors (Lipinski definition) is 2. The summed E-state index contributed by atoms with van der Waals surface area (Å²) >= 11 is 5.05. The Labute approximate surface area is 245 Å². The molecule has 0 spiro atoms. The minimum absolute atomic E-state index is 0.00521. The fourth-order valence-corrected chi connectivity index (χ4v) is 5.66. The van der Waals surface area contributed by atoms with E-state index in [1.54, 1.807) is 4.90 Å². The molecule has 212 valence electrons. The number of piperazine rings is 1. The van der Waals surface area contributed by atoms with E-state index in [0.29, 0.717) is 44.5 Å². The standard InChI is InChI=1S/C29H40BrN5O3S/c1-4-35(5-2)29(38)11-7-10-27(36)31-23-8-6-9-24(21-23)39-26-13-12-22(30)20-25(26)32-28(37)14-15-34-18-16-33(3)17-19-34/h6,8-9,12-13,20-21H,4-5,7,10-11,14-19H2,1-3H3,(H,31,36)(H,32,37). The maximum absolute atomic E-state index is 12.8. The van der Waals surface area contributed by atoms with Crippen LogP contribution in [0.5, 0.6) is 0 Å². The number of anilines is 2. The lowest BCUT2D eigenvalue weighted by Gasteiger charge is -2.32. The van der Waals surface area contributed by atoms with Crippen molar-refractivity contribution < 1.29 is 14.4 Å². The average Bonchev–Trinajstić information content (AvgIpc) is 2.91. The summed E-state index contributed by atoms with van der Waals surface area (Å²) in [6.45, 7) is 10.1. The normalized spacial score (nSPS) is 14.2. The first-order valence-electron chi connectivity index (χ1n) is 13.6. The van der Waals surface area contributed by atoms with Gasteiger partial charge in [-0.2, -0.15) is 0 Å². The van der Waals surface area contributed by atoms with Gasteiger partial charge in [0.25, 0.3) is 0 Å². The largest absolute Gasteiger partial charge is 0.343 e. The molecule has 3 rings (SSSR count). The lowest BCUT2D eigenvalue weighted by Crippen LogP contribution is -2.45. The van der Waals surface area contributed by atoms with Crippen LogP contribution in [0.25, 0.3) is 0 Å². The van der Waals surface area contributed by atoms with E-state index < -0.39 is 0 Å². The van der Waals surface area contributed by atoms with Crippen molar-refractivity contribution in [3.8, 4) is 0 Å². The summed E-state index contributed by atoms with van der Waals surface area (Å²) in [5.41, 5.74) is 1.46. The first-order chi connectivity index (χ1) is 18.8. The van der Waals surface area contributed by atoms with Crippen molar-refractivity contribution in [2.24, 2.45) is 0 Å². The molecule has 0 aromatic heterocycles. The Balaban J connectivity index is 1.54. The van der Waals surface area contributed by atoms with Crippen molar-refractivity contribution >= 4 is 56.8 Å². The molecular formula is C29H40BrN5O3S. The van der Waals surface area contributed by atoms with E-state index in [1.807, 2.05) is 56.3 Å². The molecule has 10 heteroatoms. The molecule has 0 unspecified atom stereocenters. The second-order valence-corrected chi connectivity index (χ2v) is 11.7. The smallest absolute Gasteiger partial charge is 0.225 e. The number of nitrogens with zero attached hydrogens (tertiary/aromatic N) is 3. The van der Waals surface area contributed by atoms with E-state index in [1.165, 1.54) is 11.8 Å². The first-order valence-corrected chi connectivity index (χ1v) is 15.2. The first kappa shape index (κ1) is 31.1. The highest BCUT2D eigenvalue weighted by molar-refractivity contribution is 9.10. The van der Waals surface area contributed by atoms with Crippen LogP contribution in [0.4, 0.5) is 11.4 Å². The Kier molecular flexibility index (Phi) is 12.8. The number of carbonyl (C=O) groups is 3. The third-order valence-electron chi connectivity index (χ3n) is 6.72. The number of hydrogen-bond acceptors (Lipinski definition) is 6. The number of rotatable bonds is 13. The number of halogens is 1. The van der Waals surface area contributed by atoms with E-state index >= 15 is 0 Å². The molecule has 0 aliphatic carbocycles. The molecule has 1 aliphatic rings. The van der Waals surface area contributed by atoms with Crippen LogP contribution in [0.3, 0.4) is 0 Å². The van der Waals surface area contributed by atoms with Crippen molar-refractivity contribution in [3.05, 3.63) is 46.9 Å². The molecule has 2 aromatic rings. The monoisotopic (exact) mass is 617 g/mol. The fraction of sp³-hybridized carbons (Fsp3) is 0.483. The van der Waals surface area contributed by atoms with E-state index in [9.17, 15) is 14.4 Å². The molecule has 1 fully saturated rings. The Hall–Kier alpha value is -2.40. The molecule has 0 radical (unpaired) electrons. The lowest BCUT2D eigenvalue weighted by molar-refractivity contribution is -0.131. The van der Waals surface area contributed by atoms with Gasteiger partial charge in [0.1, 0.15) is 0 Å². The summed E-state index contributed by atoms with van der Waals surface area (Å²) in [5, 5.41) is 6.03. The zero-order valence-electron chi connectivity index (χ0n) is 23.2. The number of amides is 3. The summed E-state index contributed by atoms with van der Waals surface area (Å²) in [6.07, 6.45) is 1.63. The zero-order valence-corrected chi connectivity index (χ0v) is 25.6. The highest BCUT2D eigenvalue weighted by Gasteiger charge is 2.16. The molecule has 0 saturated carbocycles. The van der Waals surface area contributed by atoms with E-state index in [0.717, 1.165) is 52.7 Å². The molecule has 1 aliphatic heterocycles. The third kappa shape index (κ3) is 10.6. The summed E-state index contributed by atoms with van der Waals surface area (Å²) in [7, 11) is 2.12. The summed E-state index contributed by atoms with van der Waals surface area (Å²) in [4.78, 5) is 45.7. The summed E-state index contributed by atoms with van der Waals surface area (Å²) in [5.74, 6) is -0.0290. The topological polar surface area (TPSA) is 85.0 Å². The van der Waals surface area contributed by atoms with E-state index in [4.69, 9.17) is 0 Å². The molecule has 1 heterocycles.